The van der Waals surface area contributed by atoms with E-state index in [1.807, 2.05) is 19.1 Å². The number of pyridine rings is 1. The Hall–Kier alpha value is -1.60. The molecule has 2 rings (SSSR count). The SMILES string of the molecule is Cc1nc(N2CCCC(CCO)CC2)ccc1C#N. The second-order valence-electron chi connectivity index (χ2n) is 5.21. The molecule has 1 saturated heterocycles. The summed E-state index contributed by atoms with van der Waals surface area (Å²) in [5.41, 5.74) is 1.45. The standard InChI is InChI=1S/C15H21N3O/c1-12-14(11-16)4-5-15(17-12)18-8-2-3-13(6-9-18)7-10-19/h4-5,13,19H,2-3,6-10H2,1H3. The predicted octanol–water partition coefficient (Wildman–Crippen LogP) is 2.25. The molecule has 1 fully saturated rings. The largest absolute Gasteiger partial charge is 0.396 e. The first-order chi connectivity index (χ1) is 9.24. The summed E-state index contributed by atoms with van der Waals surface area (Å²) in [6, 6.07) is 5.95. The molecule has 1 aliphatic rings. The minimum absolute atomic E-state index is 0.291. The van der Waals surface area contributed by atoms with Crippen LogP contribution < -0.4 is 4.90 Å². The molecule has 0 amide bonds. The molecule has 1 aromatic rings. The van der Waals surface area contributed by atoms with E-state index in [0.717, 1.165) is 43.9 Å². The summed E-state index contributed by atoms with van der Waals surface area (Å²) in [7, 11) is 0. The quantitative estimate of drug-likeness (QED) is 0.904. The van der Waals surface area contributed by atoms with Crippen molar-refractivity contribution < 1.29 is 5.11 Å². The highest BCUT2D eigenvalue weighted by molar-refractivity contribution is 5.45. The Morgan fingerprint density at radius 2 is 2.26 bits per heavy atom. The van der Waals surface area contributed by atoms with Gasteiger partial charge in [0.15, 0.2) is 0 Å². The normalized spacial score (nSPS) is 19.8. The molecule has 0 aromatic carbocycles. The summed E-state index contributed by atoms with van der Waals surface area (Å²) in [6.07, 6.45) is 4.35. The lowest BCUT2D eigenvalue weighted by atomic mass is 9.98. The zero-order chi connectivity index (χ0) is 13.7. The number of rotatable bonds is 3. The van der Waals surface area contributed by atoms with E-state index in [1.54, 1.807) is 0 Å². The van der Waals surface area contributed by atoms with Gasteiger partial charge in [0.1, 0.15) is 11.9 Å². The third-order valence-electron chi connectivity index (χ3n) is 3.90. The molecule has 4 nitrogen and oxygen atoms in total. The lowest BCUT2D eigenvalue weighted by Crippen LogP contribution is -2.25. The molecule has 1 aromatic heterocycles. The molecule has 1 N–H and O–H groups in total. The van der Waals surface area contributed by atoms with Crippen LogP contribution in [0.25, 0.3) is 0 Å². The van der Waals surface area contributed by atoms with Crippen LogP contribution in [-0.4, -0.2) is 29.8 Å². The zero-order valence-electron chi connectivity index (χ0n) is 11.5. The van der Waals surface area contributed by atoms with Crippen LogP contribution in [0.4, 0.5) is 5.82 Å². The fourth-order valence-corrected chi connectivity index (χ4v) is 2.71. The van der Waals surface area contributed by atoms with Crippen LogP contribution in [0.3, 0.4) is 0 Å². The number of aromatic nitrogens is 1. The van der Waals surface area contributed by atoms with Gasteiger partial charge in [-0.2, -0.15) is 5.26 Å². The van der Waals surface area contributed by atoms with Crippen molar-refractivity contribution in [3.05, 3.63) is 23.4 Å². The van der Waals surface area contributed by atoms with Crippen molar-refractivity contribution in [3.8, 4) is 6.07 Å². The number of hydrogen-bond acceptors (Lipinski definition) is 4. The Kier molecular flexibility index (Phi) is 4.75. The van der Waals surface area contributed by atoms with Crippen LogP contribution in [0, 0.1) is 24.2 Å². The minimum Gasteiger partial charge on any atom is -0.396 e. The number of aliphatic hydroxyl groups excluding tert-OH is 1. The molecule has 1 aliphatic heterocycles. The van der Waals surface area contributed by atoms with Crippen molar-refractivity contribution in [1.82, 2.24) is 4.98 Å². The van der Waals surface area contributed by atoms with Crippen LogP contribution in [0.5, 0.6) is 0 Å². The summed E-state index contributed by atoms with van der Waals surface area (Å²) in [6.45, 7) is 4.18. The van der Waals surface area contributed by atoms with E-state index in [-0.39, 0.29) is 0 Å². The predicted molar refractivity (Wildman–Crippen MR) is 74.9 cm³/mol. The first-order valence-electron chi connectivity index (χ1n) is 6.98. The minimum atomic E-state index is 0.291. The fourth-order valence-electron chi connectivity index (χ4n) is 2.71. The van der Waals surface area contributed by atoms with Crippen molar-refractivity contribution in [2.24, 2.45) is 5.92 Å². The number of anilines is 1. The van der Waals surface area contributed by atoms with Gasteiger partial charge in [-0.05, 0) is 50.7 Å². The van der Waals surface area contributed by atoms with Crippen LogP contribution >= 0.6 is 0 Å². The van der Waals surface area contributed by atoms with Gasteiger partial charge in [0, 0.05) is 19.7 Å². The van der Waals surface area contributed by atoms with Gasteiger partial charge in [-0.1, -0.05) is 0 Å². The van der Waals surface area contributed by atoms with Gasteiger partial charge in [-0.3, -0.25) is 0 Å². The monoisotopic (exact) mass is 259 g/mol. The van der Waals surface area contributed by atoms with Crippen LogP contribution in [0.15, 0.2) is 12.1 Å². The lowest BCUT2D eigenvalue weighted by Gasteiger charge is -2.22. The fraction of sp³-hybridized carbons (Fsp3) is 0.600. The zero-order valence-corrected chi connectivity index (χ0v) is 11.5. The molecular formula is C15H21N3O. The van der Waals surface area contributed by atoms with E-state index in [4.69, 9.17) is 10.4 Å². The highest BCUT2D eigenvalue weighted by Gasteiger charge is 2.18. The number of hydrogen-bond donors (Lipinski definition) is 1. The Morgan fingerprint density at radius 3 is 2.95 bits per heavy atom. The molecule has 0 spiro atoms. The highest BCUT2D eigenvalue weighted by atomic mass is 16.3. The van der Waals surface area contributed by atoms with E-state index in [2.05, 4.69) is 16.0 Å². The molecule has 4 heteroatoms. The van der Waals surface area contributed by atoms with Crippen molar-refractivity contribution in [2.45, 2.75) is 32.6 Å². The second-order valence-corrected chi connectivity index (χ2v) is 5.21. The van der Waals surface area contributed by atoms with Gasteiger partial charge in [0.2, 0.25) is 0 Å². The number of nitrogens with zero attached hydrogens (tertiary/aromatic N) is 3. The molecule has 0 aliphatic carbocycles. The molecular weight excluding hydrogens is 238 g/mol. The maximum Gasteiger partial charge on any atom is 0.128 e. The molecule has 0 saturated carbocycles. The maximum absolute atomic E-state index is 9.03. The van der Waals surface area contributed by atoms with Gasteiger partial charge in [-0.15, -0.1) is 0 Å². The summed E-state index contributed by atoms with van der Waals surface area (Å²) < 4.78 is 0. The third kappa shape index (κ3) is 3.45. The van der Waals surface area contributed by atoms with Crippen molar-refractivity contribution in [2.75, 3.05) is 24.6 Å². The Morgan fingerprint density at radius 1 is 1.42 bits per heavy atom. The number of aliphatic hydroxyl groups is 1. The average molecular weight is 259 g/mol. The smallest absolute Gasteiger partial charge is 0.128 e. The van der Waals surface area contributed by atoms with Crippen molar-refractivity contribution in [3.63, 3.8) is 0 Å². The van der Waals surface area contributed by atoms with Crippen LogP contribution in [0.1, 0.15) is 36.9 Å². The Balaban J connectivity index is 2.06. The summed E-state index contributed by atoms with van der Waals surface area (Å²) in [5.74, 6) is 1.61. The number of aryl methyl sites for hydroxylation is 1. The summed E-state index contributed by atoms with van der Waals surface area (Å²) in [4.78, 5) is 6.83. The van der Waals surface area contributed by atoms with E-state index in [1.165, 1.54) is 6.42 Å². The van der Waals surface area contributed by atoms with Gasteiger partial charge < -0.3 is 10.0 Å². The maximum atomic E-state index is 9.03. The second kappa shape index (κ2) is 6.53. The van der Waals surface area contributed by atoms with E-state index in [9.17, 15) is 0 Å². The molecule has 2 heterocycles. The first kappa shape index (κ1) is 13.8. The van der Waals surface area contributed by atoms with Crippen LogP contribution in [-0.2, 0) is 0 Å². The lowest BCUT2D eigenvalue weighted by molar-refractivity contribution is 0.249. The van der Waals surface area contributed by atoms with Crippen LogP contribution in [0.2, 0.25) is 0 Å². The topological polar surface area (TPSA) is 60.1 Å². The van der Waals surface area contributed by atoms with Gasteiger partial charge >= 0.3 is 0 Å². The van der Waals surface area contributed by atoms with E-state index in [0.29, 0.717) is 18.1 Å². The van der Waals surface area contributed by atoms with Crippen molar-refractivity contribution in [1.29, 1.82) is 5.26 Å². The summed E-state index contributed by atoms with van der Waals surface area (Å²) >= 11 is 0. The summed E-state index contributed by atoms with van der Waals surface area (Å²) in [5, 5.41) is 18.0. The molecule has 0 bridgehead atoms. The molecule has 1 atom stereocenters. The molecule has 102 valence electrons. The average Bonchev–Trinajstić information content (AvgIpc) is 2.65. The highest BCUT2D eigenvalue weighted by Crippen LogP contribution is 2.24. The Bertz CT molecular complexity index is 467. The molecule has 1 unspecified atom stereocenters. The van der Waals surface area contributed by atoms with Gasteiger partial charge in [0.25, 0.3) is 0 Å². The van der Waals surface area contributed by atoms with E-state index >= 15 is 0 Å². The van der Waals surface area contributed by atoms with Gasteiger partial charge in [0.05, 0.1) is 11.3 Å². The number of nitriles is 1. The van der Waals surface area contributed by atoms with Crippen molar-refractivity contribution >= 4 is 5.82 Å². The van der Waals surface area contributed by atoms with E-state index < -0.39 is 0 Å². The molecule has 0 radical (unpaired) electrons. The molecule has 19 heavy (non-hydrogen) atoms. The van der Waals surface area contributed by atoms with Gasteiger partial charge in [-0.25, -0.2) is 4.98 Å². The Labute approximate surface area is 114 Å². The third-order valence-corrected chi connectivity index (χ3v) is 3.90. The first-order valence-corrected chi connectivity index (χ1v) is 6.98.